The lowest BCUT2D eigenvalue weighted by Crippen LogP contribution is -2.28. The van der Waals surface area contributed by atoms with Gasteiger partial charge in [0.2, 0.25) is 0 Å². The topological polar surface area (TPSA) is 0 Å². The van der Waals surface area contributed by atoms with Crippen LogP contribution in [0.15, 0.2) is 0 Å². The molecule has 3 heteroatoms. The van der Waals surface area contributed by atoms with Crippen molar-refractivity contribution in [2.45, 2.75) is 44.7 Å². The lowest BCUT2D eigenvalue weighted by atomic mass is 9.79. The molecule has 0 saturated heterocycles. The van der Waals surface area contributed by atoms with Crippen LogP contribution in [-0.4, -0.2) is 6.18 Å². The van der Waals surface area contributed by atoms with Gasteiger partial charge in [-0.2, -0.15) is 13.2 Å². The summed E-state index contributed by atoms with van der Waals surface area (Å²) in [5.41, 5.74) is 0.377. The highest BCUT2D eigenvalue weighted by Gasteiger charge is 2.50. The minimum atomic E-state index is -3.93. The molecule has 2 rings (SSSR count). The molecular weight excluding hydrogens is 165 g/mol. The fourth-order valence-corrected chi connectivity index (χ4v) is 2.23. The van der Waals surface area contributed by atoms with E-state index in [2.05, 4.69) is 0 Å². The van der Waals surface area contributed by atoms with Crippen molar-refractivity contribution in [3.05, 3.63) is 0 Å². The maximum atomic E-state index is 12.2. The normalized spacial score (nSPS) is 29.2. The van der Waals surface area contributed by atoms with Crippen molar-refractivity contribution in [2.24, 2.45) is 11.3 Å². The fraction of sp³-hybridized carbons (Fsp3) is 1.00. The quantitative estimate of drug-likeness (QED) is 0.532. The van der Waals surface area contributed by atoms with Crippen LogP contribution in [0, 0.1) is 11.3 Å². The first kappa shape index (κ1) is 8.39. The number of hydrogen-bond acceptors (Lipinski definition) is 0. The molecule has 0 aromatic rings. The molecule has 0 heterocycles. The van der Waals surface area contributed by atoms with E-state index in [1.165, 1.54) is 12.8 Å². The first-order valence-corrected chi connectivity index (χ1v) is 4.59. The van der Waals surface area contributed by atoms with Gasteiger partial charge in [0.05, 0.1) is 5.92 Å². The largest absolute Gasteiger partial charge is 0.391 e. The average Bonchev–Trinajstić information content (AvgIpc) is 2.68. The third-order valence-electron chi connectivity index (χ3n) is 3.47. The summed E-state index contributed by atoms with van der Waals surface area (Å²) in [6.07, 6.45) is 0.813. The minimum absolute atomic E-state index is 0.377. The summed E-state index contributed by atoms with van der Waals surface area (Å²) < 4.78 is 36.6. The van der Waals surface area contributed by atoms with Gasteiger partial charge in [-0.05, 0) is 43.9 Å². The predicted octanol–water partition coefficient (Wildman–Crippen LogP) is 3.52. The van der Waals surface area contributed by atoms with E-state index in [4.69, 9.17) is 0 Å². The maximum Gasteiger partial charge on any atom is 0.391 e. The molecule has 0 atom stereocenters. The Morgan fingerprint density at radius 2 is 1.42 bits per heavy atom. The van der Waals surface area contributed by atoms with Crippen molar-refractivity contribution in [1.82, 2.24) is 0 Å². The molecule has 70 valence electrons. The van der Waals surface area contributed by atoms with Crippen LogP contribution >= 0.6 is 0 Å². The van der Waals surface area contributed by atoms with Gasteiger partial charge in [0.25, 0.3) is 0 Å². The number of halogens is 3. The van der Waals surface area contributed by atoms with E-state index in [0.29, 0.717) is 18.3 Å². The first-order valence-electron chi connectivity index (χ1n) is 4.59. The van der Waals surface area contributed by atoms with Crippen molar-refractivity contribution >= 4 is 0 Å². The van der Waals surface area contributed by atoms with Crippen LogP contribution in [0.5, 0.6) is 0 Å². The zero-order valence-electron chi connectivity index (χ0n) is 6.95. The third-order valence-corrected chi connectivity index (χ3v) is 3.47. The van der Waals surface area contributed by atoms with Crippen LogP contribution in [0.4, 0.5) is 13.2 Å². The molecule has 0 aromatic heterocycles. The Labute approximate surface area is 70.1 Å². The van der Waals surface area contributed by atoms with Crippen LogP contribution in [0.1, 0.15) is 38.5 Å². The van der Waals surface area contributed by atoms with Crippen LogP contribution in [-0.2, 0) is 0 Å². The summed E-state index contributed by atoms with van der Waals surface area (Å²) in [5, 5.41) is 0. The molecule has 0 unspecified atom stereocenters. The smallest absolute Gasteiger partial charge is 0.171 e. The van der Waals surface area contributed by atoms with E-state index in [9.17, 15) is 13.2 Å². The van der Waals surface area contributed by atoms with E-state index in [-0.39, 0.29) is 0 Å². The van der Waals surface area contributed by atoms with Crippen LogP contribution in [0.25, 0.3) is 0 Å². The second-order valence-electron chi connectivity index (χ2n) is 4.32. The molecule has 0 bridgehead atoms. The summed E-state index contributed by atoms with van der Waals surface area (Å²) in [5.74, 6) is -0.997. The number of hydrogen-bond donors (Lipinski definition) is 0. The van der Waals surface area contributed by atoms with Gasteiger partial charge in [-0.3, -0.25) is 0 Å². The highest BCUT2D eigenvalue weighted by Crippen LogP contribution is 2.58. The molecule has 0 aliphatic heterocycles. The van der Waals surface area contributed by atoms with E-state index in [0.717, 1.165) is 12.8 Å². The van der Waals surface area contributed by atoms with Gasteiger partial charge in [-0.25, -0.2) is 0 Å². The molecule has 2 fully saturated rings. The molecular formula is C9H13F3. The van der Waals surface area contributed by atoms with E-state index in [1.54, 1.807) is 0 Å². The fourth-order valence-electron chi connectivity index (χ4n) is 2.23. The Kier molecular flexibility index (Phi) is 1.67. The Morgan fingerprint density at radius 1 is 0.917 bits per heavy atom. The molecule has 0 N–H and O–H groups in total. The minimum Gasteiger partial charge on any atom is -0.171 e. The van der Waals surface area contributed by atoms with Gasteiger partial charge in [-0.1, -0.05) is 0 Å². The van der Waals surface area contributed by atoms with Crippen molar-refractivity contribution in [2.75, 3.05) is 0 Å². The summed E-state index contributed by atoms with van der Waals surface area (Å²) in [6, 6.07) is 0. The summed E-state index contributed by atoms with van der Waals surface area (Å²) in [4.78, 5) is 0. The summed E-state index contributed by atoms with van der Waals surface area (Å²) in [7, 11) is 0. The Balaban J connectivity index is 1.90. The monoisotopic (exact) mass is 178 g/mol. The first-order chi connectivity index (χ1) is 5.52. The maximum absolute atomic E-state index is 12.2. The molecule has 2 aliphatic carbocycles. The van der Waals surface area contributed by atoms with Gasteiger partial charge < -0.3 is 0 Å². The number of rotatable bonds is 0. The highest BCUT2D eigenvalue weighted by molar-refractivity contribution is 4.97. The van der Waals surface area contributed by atoms with Crippen molar-refractivity contribution in [1.29, 1.82) is 0 Å². The van der Waals surface area contributed by atoms with E-state index in [1.807, 2.05) is 0 Å². The molecule has 1 spiro atoms. The molecule has 2 saturated carbocycles. The lowest BCUT2D eigenvalue weighted by Gasteiger charge is -2.29. The van der Waals surface area contributed by atoms with E-state index < -0.39 is 12.1 Å². The van der Waals surface area contributed by atoms with E-state index >= 15 is 0 Å². The average molecular weight is 178 g/mol. The number of alkyl halides is 3. The lowest BCUT2D eigenvalue weighted by molar-refractivity contribution is -0.184. The molecule has 0 nitrogen and oxygen atoms in total. The second kappa shape index (κ2) is 2.39. The van der Waals surface area contributed by atoms with Gasteiger partial charge in [0, 0.05) is 0 Å². The zero-order valence-corrected chi connectivity index (χ0v) is 6.95. The Hall–Kier alpha value is -0.210. The molecule has 12 heavy (non-hydrogen) atoms. The molecule has 2 aliphatic rings. The van der Waals surface area contributed by atoms with Gasteiger partial charge in [0.15, 0.2) is 0 Å². The second-order valence-corrected chi connectivity index (χ2v) is 4.32. The zero-order chi connectivity index (χ0) is 8.82. The van der Waals surface area contributed by atoms with Crippen molar-refractivity contribution < 1.29 is 13.2 Å². The molecule has 0 radical (unpaired) electrons. The summed E-state index contributed by atoms with van der Waals surface area (Å²) in [6.45, 7) is 0. The Bertz CT molecular complexity index is 169. The van der Waals surface area contributed by atoms with Crippen molar-refractivity contribution in [3.8, 4) is 0 Å². The molecule has 0 amide bonds. The highest BCUT2D eigenvalue weighted by atomic mass is 19.4. The van der Waals surface area contributed by atoms with Gasteiger partial charge in [-0.15, -0.1) is 0 Å². The molecule has 0 aromatic carbocycles. The summed E-state index contributed by atoms with van der Waals surface area (Å²) >= 11 is 0. The van der Waals surface area contributed by atoms with Crippen LogP contribution in [0.2, 0.25) is 0 Å². The standard InChI is InChI=1S/C9H13F3/c10-9(11,12)7-1-3-8(4-2-7)5-6-8/h7H,1-6H2. The van der Waals surface area contributed by atoms with Crippen molar-refractivity contribution in [3.63, 3.8) is 0 Å². The van der Waals surface area contributed by atoms with Gasteiger partial charge in [0.1, 0.15) is 0 Å². The SMILES string of the molecule is FC(F)(F)C1CCC2(CC1)CC2. The van der Waals surface area contributed by atoms with Crippen LogP contribution in [0.3, 0.4) is 0 Å². The predicted molar refractivity (Wildman–Crippen MR) is 39.7 cm³/mol. The Morgan fingerprint density at radius 3 is 1.75 bits per heavy atom. The van der Waals surface area contributed by atoms with Crippen LogP contribution < -0.4 is 0 Å². The van der Waals surface area contributed by atoms with Gasteiger partial charge >= 0.3 is 6.18 Å². The third kappa shape index (κ3) is 1.46.